The summed E-state index contributed by atoms with van der Waals surface area (Å²) in [4.78, 5) is 29.3. The number of benzene rings is 1. The zero-order valence-corrected chi connectivity index (χ0v) is 17.3. The van der Waals surface area contributed by atoms with Crippen LogP contribution < -0.4 is 10.6 Å². The van der Waals surface area contributed by atoms with Crippen molar-refractivity contribution in [2.24, 2.45) is 0 Å². The summed E-state index contributed by atoms with van der Waals surface area (Å²) in [5.41, 5.74) is 1.02. The number of halogens is 1. The summed E-state index contributed by atoms with van der Waals surface area (Å²) in [6.07, 6.45) is 1.63. The molecule has 2 N–H and O–H groups in total. The van der Waals surface area contributed by atoms with Gasteiger partial charge < -0.3 is 10.6 Å². The van der Waals surface area contributed by atoms with E-state index in [1.54, 1.807) is 24.3 Å². The Balaban J connectivity index is 1.41. The van der Waals surface area contributed by atoms with Crippen LogP contribution in [-0.4, -0.2) is 29.4 Å². The molecule has 1 atom stereocenters. The van der Waals surface area contributed by atoms with Crippen molar-refractivity contribution < 1.29 is 9.59 Å². The molecule has 1 aromatic carbocycles. The summed E-state index contributed by atoms with van der Waals surface area (Å²) in [7, 11) is 0. The number of aromatic nitrogens is 1. The smallest absolute Gasteiger partial charge is 0.262 e. The van der Waals surface area contributed by atoms with Gasteiger partial charge in [-0.15, -0.1) is 22.7 Å². The van der Waals surface area contributed by atoms with Gasteiger partial charge in [0.05, 0.1) is 23.9 Å². The summed E-state index contributed by atoms with van der Waals surface area (Å²) in [5, 5.41) is 6.65. The van der Waals surface area contributed by atoms with E-state index in [0.717, 1.165) is 27.2 Å². The molecule has 2 heterocycles. The van der Waals surface area contributed by atoms with Gasteiger partial charge in [-0.3, -0.25) is 9.59 Å². The van der Waals surface area contributed by atoms with E-state index in [1.807, 2.05) is 24.3 Å². The van der Waals surface area contributed by atoms with Crippen LogP contribution in [0.25, 0.3) is 10.2 Å². The topological polar surface area (TPSA) is 71.1 Å². The Morgan fingerprint density at radius 1 is 1.19 bits per heavy atom. The van der Waals surface area contributed by atoms with Gasteiger partial charge in [0.2, 0.25) is 5.91 Å². The Bertz CT molecular complexity index is 889. The SMILES string of the molecule is CC(NC(=O)c1ccc(Br)s1)C(=O)NCCCc1nc2ccccc2s1. The van der Waals surface area contributed by atoms with Crippen molar-refractivity contribution in [1.82, 2.24) is 15.6 Å². The number of thiophene rings is 1. The Morgan fingerprint density at radius 2 is 2.00 bits per heavy atom. The summed E-state index contributed by atoms with van der Waals surface area (Å²) < 4.78 is 2.07. The minimum atomic E-state index is -0.578. The lowest BCUT2D eigenvalue weighted by molar-refractivity contribution is -0.122. The van der Waals surface area contributed by atoms with Gasteiger partial charge in [-0.1, -0.05) is 12.1 Å². The Hall–Kier alpha value is -1.77. The van der Waals surface area contributed by atoms with Crippen LogP contribution >= 0.6 is 38.6 Å². The lowest BCUT2D eigenvalue weighted by Crippen LogP contribution is -2.44. The van der Waals surface area contributed by atoms with Crippen LogP contribution in [0, 0.1) is 0 Å². The van der Waals surface area contributed by atoms with E-state index in [-0.39, 0.29) is 11.8 Å². The molecule has 3 rings (SSSR count). The predicted octanol–water partition coefficient (Wildman–Crippen LogP) is 3.99. The maximum Gasteiger partial charge on any atom is 0.262 e. The average Bonchev–Trinajstić information content (AvgIpc) is 3.24. The van der Waals surface area contributed by atoms with Crippen LogP contribution in [0.4, 0.5) is 0 Å². The van der Waals surface area contributed by atoms with Crippen molar-refractivity contribution in [1.29, 1.82) is 0 Å². The van der Waals surface area contributed by atoms with Crippen molar-refractivity contribution in [3.63, 3.8) is 0 Å². The van der Waals surface area contributed by atoms with Crippen LogP contribution in [-0.2, 0) is 11.2 Å². The molecule has 26 heavy (non-hydrogen) atoms. The normalized spacial score (nSPS) is 12.1. The van der Waals surface area contributed by atoms with E-state index in [1.165, 1.54) is 16.0 Å². The fourth-order valence-electron chi connectivity index (χ4n) is 2.40. The largest absolute Gasteiger partial charge is 0.354 e. The molecule has 0 saturated carbocycles. The van der Waals surface area contributed by atoms with Gasteiger partial charge in [0, 0.05) is 13.0 Å². The highest BCUT2D eigenvalue weighted by molar-refractivity contribution is 9.11. The van der Waals surface area contributed by atoms with Crippen LogP contribution in [0.5, 0.6) is 0 Å². The van der Waals surface area contributed by atoms with E-state index >= 15 is 0 Å². The van der Waals surface area contributed by atoms with Crippen LogP contribution in [0.1, 0.15) is 28.0 Å². The number of nitrogens with one attached hydrogen (secondary N) is 2. The van der Waals surface area contributed by atoms with Crippen molar-refractivity contribution in [2.45, 2.75) is 25.8 Å². The second-order valence-corrected chi connectivity index (χ2v) is 9.35. The molecule has 0 spiro atoms. The average molecular weight is 452 g/mol. The zero-order valence-electron chi connectivity index (χ0n) is 14.1. The third kappa shape index (κ3) is 4.90. The van der Waals surface area contributed by atoms with Crippen LogP contribution in [0.2, 0.25) is 0 Å². The molecule has 3 aromatic rings. The zero-order chi connectivity index (χ0) is 18.5. The lowest BCUT2D eigenvalue weighted by Gasteiger charge is -2.13. The molecule has 0 fully saturated rings. The number of amides is 2. The summed E-state index contributed by atoms with van der Waals surface area (Å²) >= 11 is 6.35. The molecule has 0 bridgehead atoms. The van der Waals surface area contributed by atoms with E-state index in [0.29, 0.717) is 11.4 Å². The van der Waals surface area contributed by atoms with E-state index in [4.69, 9.17) is 0 Å². The van der Waals surface area contributed by atoms with E-state index in [2.05, 4.69) is 37.6 Å². The summed E-state index contributed by atoms with van der Waals surface area (Å²) in [6, 6.07) is 11.0. The molecule has 0 aliphatic heterocycles. The molecule has 2 amide bonds. The van der Waals surface area contributed by atoms with Gasteiger partial charge in [0.1, 0.15) is 6.04 Å². The Kier molecular flexibility index (Phi) is 6.39. The molecule has 0 aliphatic carbocycles. The number of thiazole rings is 1. The highest BCUT2D eigenvalue weighted by atomic mass is 79.9. The number of nitrogens with zero attached hydrogens (tertiary/aromatic N) is 1. The van der Waals surface area contributed by atoms with Gasteiger partial charge >= 0.3 is 0 Å². The fourth-order valence-corrected chi connectivity index (χ4v) is 4.70. The second-order valence-electron chi connectivity index (χ2n) is 5.77. The molecule has 8 heteroatoms. The summed E-state index contributed by atoms with van der Waals surface area (Å²) in [5.74, 6) is -0.420. The third-order valence-corrected chi connectivity index (χ3v) is 6.46. The second kappa shape index (κ2) is 8.75. The number of hydrogen-bond donors (Lipinski definition) is 2. The van der Waals surface area contributed by atoms with Crippen molar-refractivity contribution in [2.75, 3.05) is 6.54 Å². The Morgan fingerprint density at radius 3 is 2.73 bits per heavy atom. The third-order valence-electron chi connectivity index (χ3n) is 3.74. The minimum Gasteiger partial charge on any atom is -0.354 e. The van der Waals surface area contributed by atoms with Crippen molar-refractivity contribution in [3.05, 3.63) is 50.1 Å². The number of rotatable bonds is 7. The molecule has 1 unspecified atom stereocenters. The maximum atomic E-state index is 12.1. The number of carbonyl (C=O) groups is 2. The lowest BCUT2D eigenvalue weighted by atomic mass is 10.2. The standard InChI is InChI=1S/C18H18BrN3O2S2/c1-11(21-18(24)14-8-9-15(19)25-14)17(23)20-10-4-7-16-22-12-5-2-3-6-13(12)26-16/h2-3,5-6,8-9,11H,4,7,10H2,1H3,(H,20,23)(H,21,24). The number of carbonyl (C=O) groups excluding carboxylic acids is 2. The monoisotopic (exact) mass is 451 g/mol. The molecular weight excluding hydrogens is 434 g/mol. The minimum absolute atomic E-state index is 0.182. The quantitative estimate of drug-likeness (QED) is 0.533. The highest BCUT2D eigenvalue weighted by Gasteiger charge is 2.17. The first-order valence-electron chi connectivity index (χ1n) is 8.21. The molecule has 0 saturated heterocycles. The first kappa shape index (κ1) is 19.0. The number of aryl methyl sites for hydroxylation is 1. The predicted molar refractivity (Wildman–Crippen MR) is 110 cm³/mol. The van der Waals surface area contributed by atoms with Gasteiger partial charge in [0.25, 0.3) is 5.91 Å². The fraction of sp³-hybridized carbons (Fsp3) is 0.278. The first-order valence-corrected chi connectivity index (χ1v) is 10.6. The van der Waals surface area contributed by atoms with E-state index in [9.17, 15) is 9.59 Å². The number of fused-ring (bicyclic) bond motifs is 1. The number of para-hydroxylation sites is 1. The molecule has 2 aromatic heterocycles. The van der Waals surface area contributed by atoms with Gasteiger partial charge in [0.15, 0.2) is 0 Å². The molecule has 0 radical (unpaired) electrons. The van der Waals surface area contributed by atoms with Crippen LogP contribution in [0.15, 0.2) is 40.2 Å². The van der Waals surface area contributed by atoms with E-state index < -0.39 is 6.04 Å². The van der Waals surface area contributed by atoms with Gasteiger partial charge in [-0.2, -0.15) is 0 Å². The molecular formula is C18H18BrN3O2S2. The summed E-state index contributed by atoms with van der Waals surface area (Å²) in [6.45, 7) is 2.24. The first-order chi connectivity index (χ1) is 12.5. The Labute approximate surface area is 168 Å². The van der Waals surface area contributed by atoms with Crippen molar-refractivity contribution in [3.8, 4) is 0 Å². The molecule has 5 nitrogen and oxygen atoms in total. The van der Waals surface area contributed by atoms with Gasteiger partial charge in [-0.05, 0) is 53.5 Å². The highest BCUT2D eigenvalue weighted by Crippen LogP contribution is 2.23. The number of hydrogen-bond acceptors (Lipinski definition) is 5. The van der Waals surface area contributed by atoms with Crippen molar-refractivity contribution >= 4 is 60.6 Å². The maximum absolute atomic E-state index is 12.1. The van der Waals surface area contributed by atoms with Gasteiger partial charge in [-0.25, -0.2) is 4.98 Å². The molecule has 0 aliphatic rings. The molecule has 136 valence electrons. The van der Waals surface area contributed by atoms with Crippen LogP contribution in [0.3, 0.4) is 0 Å².